The summed E-state index contributed by atoms with van der Waals surface area (Å²) in [5.41, 5.74) is 7.16. The van der Waals surface area contributed by atoms with Crippen LogP contribution in [0.1, 0.15) is 59.1 Å². The molecule has 1 amide bonds. The number of carbonyl (C=O) groups is 3. The average Bonchev–Trinajstić information content (AvgIpc) is 3.31. The van der Waals surface area contributed by atoms with Crippen LogP contribution in [0.15, 0.2) is 119 Å². The van der Waals surface area contributed by atoms with Gasteiger partial charge in [-0.1, -0.05) is 72.8 Å². The maximum Gasteiger partial charge on any atom is 0.471 e. The molecule has 4 aliphatic rings. The molecule has 9 nitrogen and oxygen atoms in total. The summed E-state index contributed by atoms with van der Waals surface area (Å²) in [6, 6.07) is 32.2. The predicted octanol–water partition coefficient (Wildman–Crippen LogP) is 10.3. The van der Waals surface area contributed by atoms with Gasteiger partial charge in [0.05, 0.1) is 36.4 Å². The summed E-state index contributed by atoms with van der Waals surface area (Å²) in [6.07, 6.45) is 4.62. The van der Waals surface area contributed by atoms with Crippen LogP contribution in [0.5, 0.6) is 0 Å². The fraction of sp³-hybridized carbons (Fsp3) is 0.220. The van der Waals surface area contributed by atoms with Crippen LogP contribution in [-0.2, 0) is 14.4 Å². The zero-order valence-electron chi connectivity index (χ0n) is 33.7. The number of rotatable bonds is 4. The van der Waals surface area contributed by atoms with Crippen LogP contribution >= 0.6 is 12.4 Å². The molecule has 0 unspecified atom stereocenters. The second-order valence-electron chi connectivity index (χ2n) is 15.5. The first kappa shape index (κ1) is 45.2. The van der Waals surface area contributed by atoms with Gasteiger partial charge in [0.25, 0.3) is 0 Å². The van der Waals surface area contributed by atoms with Gasteiger partial charge in [-0.3, -0.25) is 14.4 Å². The third-order valence-electron chi connectivity index (χ3n) is 12.0. The smallest absolute Gasteiger partial charge is 0.335 e. The number of likely N-dealkylation sites (tertiary alicyclic amines) is 1. The lowest BCUT2D eigenvalue weighted by Gasteiger charge is -2.50. The number of halogens is 4. The Balaban J connectivity index is 0.000000210. The molecular formula is C50H38ClF3N6O3. The van der Waals surface area contributed by atoms with Crippen molar-refractivity contribution in [3.05, 3.63) is 176 Å². The molecule has 1 N–H and O–H groups in total. The van der Waals surface area contributed by atoms with Gasteiger partial charge in [-0.25, -0.2) is 9.69 Å². The second kappa shape index (κ2) is 18.7. The van der Waals surface area contributed by atoms with Crippen molar-refractivity contribution in [1.82, 2.24) is 10.2 Å². The Kier molecular flexibility index (Phi) is 13.4. The molecule has 4 aromatic rings. The Morgan fingerprint density at radius 1 is 0.603 bits per heavy atom. The van der Waals surface area contributed by atoms with E-state index in [0.717, 1.165) is 53.1 Å². The number of hydrogen-bond acceptors (Lipinski definition) is 6. The normalized spacial score (nSPS) is 19.7. The number of amides is 1. The number of hydrogen-bond donors (Lipinski definition) is 1. The number of ketones is 2. The summed E-state index contributed by atoms with van der Waals surface area (Å²) in [4.78, 5) is 45.5. The van der Waals surface area contributed by atoms with Crippen LogP contribution in [0.2, 0.25) is 0 Å². The lowest BCUT2D eigenvalue weighted by atomic mass is 9.54. The standard InChI is InChI=1S/C26H18F3N3O2.C24H19N3O.ClH/c1-31-20-8-6-18(7-9-20)15-22-23(33)21(14-17-2-4-19(16-30)5-3-17)25(22)10-12-32(13-11-25)24(34)26(27,28)29;1-26-20-8-6-18(7-9-20)15-22-23(28)21(24(22)10-12-27-13-11-24)14-17-2-4-19(16-25)5-3-17;/h2-9,14-15H,10-13H2;2-9,14-15,27H,10-13H2;1H/b2*21-14-,22-15-;. The van der Waals surface area contributed by atoms with Crippen molar-refractivity contribution in [2.75, 3.05) is 26.2 Å². The Hall–Kier alpha value is -7.35. The van der Waals surface area contributed by atoms with Crippen molar-refractivity contribution >= 4 is 65.6 Å². The Morgan fingerprint density at radius 3 is 1.22 bits per heavy atom. The quantitative estimate of drug-likeness (QED) is 0.161. The monoisotopic (exact) mass is 862 g/mol. The van der Waals surface area contributed by atoms with Crippen molar-refractivity contribution in [3.8, 4) is 12.1 Å². The minimum atomic E-state index is -4.94. The third kappa shape index (κ3) is 9.15. The van der Waals surface area contributed by atoms with Crippen molar-refractivity contribution in [3.63, 3.8) is 0 Å². The third-order valence-corrected chi connectivity index (χ3v) is 12.0. The summed E-state index contributed by atoms with van der Waals surface area (Å²) in [6.45, 7) is 15.7. The molecule has 13 heteroatoms. The van der Waals surface area contributed by atoms with Gasteiger partial charge < -0.3 is 10.2 Å². The van der Waals surface area contributed by atoms with Crippen LogP contribution in [0.4, 0.5) is 24.5 Å². The van der Waals surface area contributed by atoms with E-state index >= 15 is 0 Å². The van der Waals surface area contributed by atoms with Gasteiger partial charge in [0, 0.05) is 46.2 Å². The molecule has 314 valence electrons. The van der Waals surface area contributed by atoms with E-state index in [1.807, 2.05) is 42.5 Å². The molecule has 2 spiro atoms. The van der Waals surface area contributed by atoms with Crippen molar-refractivity contribution < 1.29 is 27.6 Å². The van der Waals surface area contributed by atoms with Gasteiger partial charge >= 0.3 is 12.1 Å². The Morgan fingerprint density at radius 2 is 0.921 bits per heavy atom. The first-order valence-corrected chi connectivity index (χ1v) is 19.8. The molecule has 8 rings (SSSR count). The number of benzene rings is 4. The highest BCUT2D eigenvalue weighted by molar-refractivity contribution is 6.24. The highest BCUT2D eigenvalue weighted by atomic mass is 35.5. The predicted molar refractivity (Wildman–Crippen MR) is 236 cm³/mol. The van der Waals surface area contributed by atoms with Crippen molar-refractivity contribution in [1.29, 1.82) is 10.5 Å². The molecule has 0 aromatic heterocycles. The highest BCUT2D eigenvalue weighted by Crippen LogP contribution is 2.57. The number of alkyl halides is 3. The number of allylic oxidation sites excluding steroid dienone is 4. The molecular weight excluding hydrogens is 825 g/mol. The summed E-state index contributed by atoms with van der Waals surface area (Å²) in [5.74, 6) is -1.97. The molecule has 0 atom stereocenters. The van der Waals surface area contributed by atoms with E-state index in [1.165, 1.54) is 0 Å². The average molecular weight is 863 g/mol. The zero-order valence-corrected chi connectivity index (χ0v) is 34.5. The molecule has 2 heterocycles. The minimum Gasteiger partial charge on any atom is -0.335 e. The Bertz CT molecular complexity index is 2570. The van der Waals surface area contributed by atoms with E-state index in [-0.39, 0.29) is 55.3 Å². The minimum absolute atomic E-state index is 0. The van der Waals surface area contributed by atoms with Gasteiger partial charge in [0.15, 0.2) is 22.9 Å². The number of nitrogens with one attached hydrogen (secondary N) is 1. The van der Waals surface area contributed by atoms with Gasteiger partial charge in [-0.15, -0.1) is 12.4 Å². The van der Waals surface area contributed by atoms with Crippen LogP contribution in [0.25, 0.3) is 34.0 Å². The van der Waals surface area contributed by atoms with E-state index in [2.05, 4.69) is 21.1 Å². The fourth-order valence-corrected chi connectivity index (χ4v) is 8.61. The highest BCUT2D eigenvalue weighted by Gasteiger charge is 2.56. The lowest BCUT2D eigenvalue weighted by molar-refractivity contribution is -0.187. The van der Waals surface area contributed by atoms with Crippen molar-refractivity contribution in [2.24, 2.45) is 10.8 Å². The molecule has 0 radical (unpaired) electrons. The van der Waals surface area contributed by atoms with Crippen LogP contribution in [0.3, 0.4) is 0 Å². The second-order valence-corrected chi connectivity index (χ2v) is 15.5. The van der Waals surface area contributed by atoms with E-state index in [9.17, 15) is 27.6 Å². The molecule has 0 bridgehead atoms. The van der Waals surface area contributed by atoms with Gasteiger partial charge in [-0.2, -0.15) is 23.7 Å². The summed E-state index contributed by atoms with van der Waals surface area (Å²) < 4.78 is 38.8. The number of Topliss-reactive ketones (excluding diaryl/α,β-unsaturated/α-hetero) is 2. The lowest BCUT2D eigenvalue weighted by Crippen LogP contribution is -2.54. The molecule has 2 aliphatic heterocycles. The number of nitriles is 2. The van der Waals surface area contributed by atoms with Crippen LogP contribution in [0, 0.1) is 46.6 Å². The van der Waals surface area contributed by atoms with Gasteiger partial charge in [0.2, 0.25) is 0 Å². The largest absolute Gasteiger partial charge is 0.471 e. The number of piperidine rings is 2. The first-order valence-electron chi connectivity index (χ1n) is 19.8. The first-order chi connectivity index (χ1) is 29.8. The molecule has 2 aliphatic carbocycles. The maximum absolute atomic E-state index is 13.2. The Labute approximate surface area is 369 Å². The van der Waals surface area contributed by atoms with E-state index in [0.29, 0.717) is 44.8 Å². The van der Waals surface area contributed by atoms with Crippen molar-refractivity contribution in [2.45, 2.75) is 31.9 Å². The topological polar surface area (TPSA) is 123 Å². The summed E-state index contributed by atoms with van der Waals surface area (Å²) in [5, 5.41) is 21.3. The number of nitrogens with zero attached hydrogens (tertiary/aromatic N) is 5. The maximum atomic E-state index is 13.2. The van der Waals surface area contributed by atoms with Crippen LogP contribution in [-0.4, -0.2) is 54.7 Å². The number of carbonyl (C=O) groups excluding carboxylic acids is 3. The molecule has 2 saturated heterocycles. The molecule has 4 aromatic carbocycles. The van der Waals surface area contributed by atoms with E-state index in [4.69, 9.17) is 23.7 Å². The van der Waals surface area contributed by atoms with Crippen LogP contribution < -0.4 is 5.32 Å². The van der Waals surface area contributed by atoms with Gasteiger partial charge in [-0.05, 0) is 110 Å². The van der Waals surface area contributed by atoms with Gasteiger partial charge in [0.1, 0.15) is 0 Å². The molecule has 4 fully saturated rings. The van der Waals surface area contributed by atoms with E-state index in [1.54, 1.807) is 84.9 Å². The summed E-state index contributed by atoms with van der Waals surface area (Å²) in [7, 11) is 0. The fourth-order valence-electron chi connectivity index (χ4n) is 8.61. The molecule has 2 saturated carbocycles. The van der Waals surface area contributed by atoms with E-state index < -0.39 is 17.5 Å². The summed E-state index contributed by atoms with van der Waals surface area (Å²) >= 11 is 0. The SMILES string of the molecule is Cl.[C-]#[N+]c1ccc(/C=C2/C(=O)/C(=C/c3ccc(C#N)cc3)C23CCN(C(=O)C(F)(F)F)CC3)cc1.[C-]#[N+]c1ccc(/C=C2/C(=O)/C(=C/c3ccc(C#N)cc3)C23CCNCC3)cc1. The molecule has 63 heavy (non-hydrogen) atoms. The zero-order chi connectivity index (χ0) is 44.1.